The summed E-state index contributed by atoms with van der Waals surface area (Å²) >= 11 is 5.90. The fraction of sp³-hybridized carbons (Fsp3) is 0.111. The largest absolute Gasteiger partial charge is 0.387 e. The van der Waals surface area contributed by atoms with Gasteiger partial charge in [-0.05, 0) is 17.7 Å². The molecule has 0 bridgehead atoms. The van der Waals surface area contributed by atoms with E-state index in [1.807, 2.05) is 60.7 Å². The molecule has 1 aromatic heterocycles. The number of benzene rings is 2. The van der Waals surface area contributed by atoms with Gasteiger partial charge in [0.15, 0.2) is 0 Å². The van der Waals surface area contributed by atoms with E-state index in [0.717, 1.165) is 16.8 Å². The third-order valence-electron chi connectivity index (χ3n) is 3.47. The Bertz CT molecular complexity index is 763. The second kappa shape index (κ2) is 7.22. The monoisotopic (exact) mass is 325 g/mol. The molecule has 5 heteroatoms. The maximum atomic E-state index is 10.2. The number of nitrogens with one attached hydrogen (secondary N) is 1. The van der Waals surface area contributed by atoms with Crippen molar-refractivity contribution in [2.24, 2.45) is 0 Å². The number of halogens is 1. The van der Waals surface area contributed by atoms with Gasteiger partial charge >= 0.3 is 0 Å². The van der Waals surface area contributed by atoms with Crippen LogP contribution in [0.4, 0.5) is 5.82 Å². The summed E-state index contributed by atoms with van der Waals surface area (Å²) in [6, 6.07) is 18.8. The Balaban J connectivity index is 1.69. The molecular formula is C18H16ClN3O. The lowest BCUT2D eigenvalue weighted by molar-refractivity contribution is 0.191. The van der Waals surface area contributed by atoms with Gasteiger partial charge in [-0.15, -0.1) is 0 Å². The number of aromatic nitrogens is 2. The van der Waals surface area contributed by atoms with Crippen molar-refractivity contribution >= 4 is 17.4 Å². The van der Waals surface area contributed by atoms with E-state index in [9.17, 15) is 5.11 Å². The third-order valence-corrected chi connectivity index (χ3v) is 3.72. The summed E-state index contributed by atoms with van der Waals surface area (Å²) in [7, 11) is 0. The van der Waals surface area contributed by atoms with Crippen LogP contribution in [0, 0.1) is 0 Å². The summed E-state index contributed by atoms with van der Waals surface area (Å²) in [5.74, 6) is 0.667. The Morgan fingerprint density at radius 3 is 2.48 bits per heavy atom. The second-order valence-corrected chi connectivity index (χ2v) is 5.54. The van der Waals surface area contributed by atoms with Crippen molar-refractivity contribution in [3.8, 4) is 11.3 Å². The van der Waals surface area contributed by atoms with E-state index in [1.165, 1.54) is 6.33 Å². The van der Waals surface area contributed by atoms with Crippen LogP contribution in [0.5, 0.6) is 0 Å². The quantitative estimate of drug-likeness (QED) is 0.746. The highest BCUT2D eigenvalue weighted by atomic mass is 35.5. The summed E-state index contributed by atoms with van der Waals surface area (Å²) in [5, 5.41) is 14.0. The molecule has 3 aromatic rings. The molecule has 0 saturated carbocycles. The predicted molar refractivity (Wildman–Crippen MR) is 92.4 cm³/mol. The Morgan fingerprint density at radius 1 is 1.00 bits per heavy atom. The van der Waals surface area contributed by atoms with E-state index in [4.69, 9.17) is 11.6 Å². The van der Waals surface area contributed by atoms with Gasteiger partial charge in [0.05, 0.1) is 11.8 Å². The molecule has 23 heavy (non-hydrogen) atoms. The number of aliphatic hydroxyl groups is 1. The summed E-state index contributed by atoms with van der Waals surface area (Å²) in [4.78, 5) is 8.46. The first-order valence-corrected chi connectivity index (χ1v) is 7.65. The van der Waals surface area contributed by atoms with Crippen LogP contribution in [-0.2, 0) is 0 Å². The molecule has 0 aliphatic carbocycles. The standard InChI is InChI=1S/C18H16ClN3O/c19-15-8-6-13(7-9-15)16-10-18(22-12-21-16)20-11-17(23)14-4-2-1-3-5-14/h1-10,12,17,23H,11H2,(H,20,21,22). The fourth-order valence-electron chi connectivity index (χ4n) is 2.23. The average molecular weight is 326 g/mol. The normalized spacial score (nSPS) is 11.9. The smallest absolute Gasteiger partial charge is 0.130 e. The molecule has 1 atom stereocenters. The molecule has 116 valence electrons. The van der Waals surface area contributed by atoms with Gasteiger partial charge in [0, 0.05) is 23.2 Å². The number of rotatable bonds is 5. The van der Waals surface area contributed by atoms with Crippen LogP contribution in [0.3, 0.4) is 0 Å². The maximum Gasteiger partial charge on any atom is 0.130 e. The lowest BCUT2D eigenvalue weighted by Gasteiger charge is -2.13. The number of anilines is 1. The van der Waals surface area contributed by atoms with Crippen LogP contribution in [0.15, 0.2) is 67.0 Å². The highest BCUT2D eigenvalue weighted by molar-refractivity contribution is 6.30. The fourth-order valence-corrected chi connectivity index (χ4v) is 2.35. The van der Waals surface area contributed by atoms with Crippen molar-refractivity contribution in [3.63, 3.8) is 0 Å². The molecule has 0 amide bonds. The molecule has 0 saturated heterocycles. The lowest BCUT2D eigenvalue weighted by atomic mass is 10.1. The Labute approximate surface area is 139 Å². The van der Waals surface area contributed by atoms with E-state index < -0.39 is 6.10 Å². The van der Waals surface area contributed by atoms with Gasteiger partial charge in [-0.25, -0.2) is 9.97 Å². The van der Waals surface area contributed by atoms with E-state index in [-0.39, 0.29) is 0 Å². The van der Waals surface area contributed by atoms with Crippen LogP contribution < -0.4 is 5.32 Å². The summed E-state index contributed by atoms with van der Waals surface area (Å²) in [6.45, 7) is 0.376. The highest BCUT2D eigenvalue weighted by Gasteiger charge is 2.08. The molecule has 0 aliphatic rings. The Hall–Kier alpha value is -2.43. The molecule has 0 fully saturated rings. The Morgan fingerprint density at radius 2 is 1.74 bits per heavy atom. The third kappa shape index (κ3) is 4.06. The van der Waals surface area contributed by atoms with E-state index in [0.29, 0.717) is 17.4 Å². The molecule has 0 spiro atoms. The topological polar surface area (TPSA) is 58.0 Å². The molecule has 4 nitrogen and oxygen atoms in total. The van der Waals surface area contributed by atoms with Crippen molar-refractivity contribution in [2.45, 2.75) is 6.10 Å². The minimum atomic E-state index is -0.592. The molecule has 2 aromatic carbocycles. The molecular weight excluding hydrogens is 310 g/mol. The zero-order valence-electron chi connectivity index (χ0n) is 12.4. The average Bonchev–Trinajstić information content (AvgIpc) is 2.61. The zero-order chi connectivity index (χ0) is 16.1. The minimum Gasteiger partial charge on any atom is -0.387 e. The predicted octanol–water partition coefficient (Wildman–Crippen LogP) is 3.94. The van der Waals surface area contributed by atoms with Crippen LogP contribution in [-0.4, -0.2) is 21.6 Å². The van der Waals surface area contributed by atoms with Crippen molar-refractivity contribution in [3.05, 3.63) is 77.6 Å². The summed E-state index contributed by atoms with van der Waals surface area (Å²) in [5.41, 5.74) is 2.63. The number of aliphatic hydroxyl groups excluding tert-OH is 1. The molecule has 0 aliphatic heterocycles. The number of hydrogen-bond donors (Lipinski definition) is 2. The lowest BCUT2D eigenvalue weighted by Crippen LogP contribution is -2.13. The first kappa shape index (κ1) is 15.5. The number of nitrogens with zero attached hydrogens (tertiary/aromatic N) is 2. The van der Waals surface area contributed by atoms with Crippen molar-refractivity contribution < 1.29 is 5.11 Å². The summed E-state index contributed by atoms with van der Waals surface area (Å²) in [6.07, 6.45) is 0.909. The van der Waals surface area contributed by atoms with Gasteiger partial charge in [-0.2, -0.15) is 0 Å². The molecule has 1 heterocycles. The van der Waals surface area contributed by atoms with Gasteiger partial charge < -0.3 is 10.4 Å². The van der Waals surface area contributed by atoms with Gasteiger partial charge in [0.25, 0.3) is 0 Å². The minimum absolute atomic E-state index is 0.376. The summed E-state index contributed by atoms with van der Waals surface area (Å²) < 4.78 is 0. The van der Waals surface area contributed by atoms with Crippen LogP contribution in [0.1, 0.15) is 11.7 Å². The van der Waals surface area contributed by atoms with Crippen LogP contribution >= 0.6 is 11.6 Å². The van der Waals surface area contributed by atoms with E-state index >= 15 is 0 Å². The van der Waals surface area contributed by atoms with Gasteiger partial charge in [-0.1, -0.05) is 54.1 Å². The molecule has 0 radical (unpaired) electrons. The first-order valence-electron chi connectivity index (χ1n) is 7.27. The molecule has 1 unspecified atom stereocenters. The van der Waals surface area contributed by atoms with Crippen LogP contribution in [0.25, 0.3) is 11.3 Å². The maximum absolute atomic E-state index is 10.2. The Kier molecular flexibility index (Phi) is 4.86. The van der Waals surface area contributed by atoms with E-state index in [2.05, 4.69) is 15.3 Å². The van der Waals surface area contributed by atoms with Crippen molar-refractivity contribution in [1.82, 2.24) is 9.97 Å². The SMILES string of the molecule is OC(CNc1cc(-c2ccc(Cl)cc2)ncn1)c1ccccc1. The molecule has 2 N–H and O–H groups in total. The second-order valence-electron chi connectivity index (χ2n) is 5.10. The van der Waals surface area contributed by atoms with Crippen LogP contribution in [0.2, 0.25) is 5.02 Å². The van der Waals surface area contributed by atoms with Crippen molar-refractivity contribution in [1.29, 1.82) is 0 Å². The van der Waals surface area contributed by atoms with Gasteiger partial charge in [-0.3, -0.25) is 0 Å². The van der Waals surface area contributed by atoms with E-state index in [1.54, 1.807) is 0 Å². The first-order chi connectivity index (χ1) is 11.2. The molecule has 3 rings (SSSR count). The zero-order valence-corrected chi connectivity index (χ0v) is 13.1. The number of hydrogen-bond acceptors (Lipinski definition) is 4. The van der Waals surface area contributed by atoms with Crippen molar-refractivity contribution in [2.75, 3.05) is 11.9 Å². The highest BCUT2D eigenvalue weighted by Crippen LogP contribution is 2.21. The van der Waals surface area contributed by atoms with Gasteiger partial charge in [0.2, 0.25) is 0 Å². The van der Waals surface area contributed by atoms with Gasteiger partial charge in [0.1, 0.15) is 12.1 Å².